The van der Waals surface area contributed by atoms with E-state index in [0.717, 1.165) is 12.3 Å². The maximum absolute atomic E-state index is 10.3. The lowest BCUT2D eigenvalue weighted by Crippen LogP contribution is -2.51. The van der Waals surface area contributed by atoms with Gasteiger partial charge in [-0.1, -0.05) is 25.7 Å². The number of likely N-dealkylation sites (N-methyl/N-ethyl adjacent to an activating group) is 1. The molecule has 2 nitrogen and oxygen atoms in total. The minimum Gasteiger partial charge on any atom is -0.391 e. The molecule has 82 valence electrons. The van der Waals surface area contributed by atoms with Gasteiger partial charge in [0.1, 0.15) is 0 Å². The summed E-state index contributed by atoms with van der Waals surface area (Å²) in [5.74, 6) is 0.836. The molecule has 2 aliphatic rings. The van der Waals surface area contributed by atoms with Crippen molar-refractivity contribution in [3.05, 3.63) is 0 Å². The van der Waals surface area contributed by atoms with Crippen LogP contribution >= 0.6 is 0 Å². The second-order valence-corrected chi connectivity index (χ2v) is 5.40. The number of aliphatic hydroxyl groups excluding tert-OH is 1. The van der Waals surface area contributed by atoms with Gasteiger partial charge in [0.15, 0.2) is 0 Å². The SMILES string of the molecule is CN(C)C1(C(O)CC2CC2)CCCC1. The fraction of sp³-hybridized carbons (Fsp3) is 1.00. The first kappa shape index (κ1) is 10.4. The third kappa shape index (κ3) is 1.82. The molecule has 0 aromatic heterocycles. The summed E-state index contributed by atoms with van der Waals surface area (Å²) in [5, 5.41) is 10.3. The lowest BCUT2D eigenvalue weighted by atomic mass is 9.86. The zero-order valence-electron chi connectivity index (χ0n) is 9.50. The van der Waals surface area contributed by atoms with Crippen molar-refractivity contribution in [2.75, 3.05) is 14.1 Å². The summed E-state index contributed by atoms with van der Waals surface area (Å²) in [5.41, 5.74) is 0.114. The molecule has 0 amide bonds. The Bertz CT molecular complexity index is 192. The van der Waals surface area contributed by atoms with Crippen LogP contribution in [0.4, 0.5) is 0 Å². The van der Waals surface area contributed by atoms with E-state index in [-0.39, 0.29) is 11.6 Å². The lowest BCUT2D eigenvalue weighted by molar-refractivity contribution is -0.0109. The van der Waals surface area contributed by atoms with E-state index < -0.39 is 0 Å². The Hall–Kier alpha value is -0.0800. The predicted molar refractivity (Wildman–Crippen MR) is 58.2 cm³/mol. The van der Waals surface area contributed by atoms with Crippen LogP contribution in [-0.2, 0) is 0 Å². The molecule has 1 unspecified atom stereocenters. The van der Waals surface area contributed by atoms with Crippen molar-refractivity contribution in [3.63, 3.8) is 0 Å². The highest BCUT2D eigenvalue weighted by Gasteiger charge is 2.44. The van der Waals surface area contributed by atoms with E-state index in [9.17, 15) is 5.11 Å². The largest absolute Gasteiger partial charge is 0.391 e. The van der Waals surface area contributed by atoms with Crippen molar-refractivity contribution in [2.45, 2.75) is 56.6 Å². The van der Waals surface area contributed by atoms with Crippen LogP contribution in [0.3, 0.4) is 0 Å². The Morgan fingerprint density at radius 2 is 1.86 bits per heavy atom. The minimum absolute atomic E-state index is 0.0903. The summed E-state index contributed by atoms with van der Waals surface area (Å²) in [7, 11) is 4.25. The topological polar surface area (TPSA) is 23.5 Å². The minimum atomic E-state index is -0.0903. The average molecular weight is 197 g/mol. The van der Waals surface area contributed by atoms with Crippen molar-refractivity contribution in [1.29, 1.82) is 0 Å². The molecule has 0 aliphatic heterocycles. The lowest BCUT2D eigenvalue weighted by Gasteiger charge is -2.40. The highest BCUT2D eigenvalue weighted by atomic mass is 16.3. The molecule has 0 saturated heterocycles. The maximum Gasteiger partial charge on any atom is 0.0726 e. The zero-order chi connectivity index (χ0) is 10.2. The number of hydrogen-bond donors (Lipinski definition) is 1. The first-order chi connectivity index (χ1) is 6.65. The van der Waals surface area contributed by atoms with Gasteiger partial charge in [0.2, 0.25) is 0 Å². The van der Waals surface area contributed by atoms with E-state index in [2.05, 4.69) is 19.0 Å². The monoisotopic (exact) mass is 197 g/mol. The Kier molecular flexibility index (Phi) is 2.85. The van der Waals surface area contributed by atoms with Gasteiger partial charge < -0.3 is 10.0 Å². The predicted octanol–water partition coefficient (Wildman–Crippen LogP) is 2.02. The summed E-state index contributed by atoms with van der Waals surface area (Å²) < 4.78 is 0. The summed E-state index contributed by atoms with van der Waals surface area (Å²) in [6, 6.07) is 0. The van der Waals surface area contributed by atoms with Crippen LogP contribution in [0, 0.1) is 5.92 Å². The Balaban J connectivity index is 2.00. The molecule has 1 N–H and O–H groups in total. The summed E-state index contributed by atoms with van der Waals surface area (Å²) >= 11 is 0. The van der Waals surface area contributed by atoms with Gasteiger partial charge >= 0.3 is 0 Å². The number of nitrogens with zero attached hydrogens (tertiary/aromatic N) is 1. The van der Waals surface area contributed by atoms with Gasteiger partial charge in [-0.05, 0) is 39.3 Å². The van der Waals surface area contributed by atoms with Crippen LogP contribution in [0.25, 0.3) is 0 Å². The van der Waals surface area contributed by atoms with Crippen molar-refractivity contribution in [2.24, 2.45) is 5.92 Å². The van der Waals surface area contributed by atoms with Crippen molar-refractivity contribution in [1.82, 2.24) is 4.90 Å². The first-order valence-corrected chi connectivity index (χ1v) is 6.01. The van der Waals surface area contributed by atoms with E-state index in [4.69, 9.17) is 0 Å². The highest BCUT2D eigenvalue weighted by molar-refractivity contribution is 4.99. The Labute approximate surface area is 87.3 Å². The van der Waals surface area contributed by atoms with Crippen LogP contribution in [0.1, 0.15) is 44.9 Å². The smallest absolute Gasteiger partial charge is 0.0726 e. The average Bonchev–Trinajstić information content (AvgIpc) is 2.82. The molecule has 0 aromatic carbocycles. The van der Waals surface area contributed by atoms with Gasteiger partial charge in [-0.15, -0.1) is 0 Å². The van der Waals surface area contributed by atoms with Crippen LogP contribution in [0.2, 0.25) is 0 Å². The Morgan fingerprint density at radius 3 is 2.29 bits per heavy atom. The third-order valence-electron chi connectivity index (χ3n) is 4.23. The molecule has 0 bridgehead atoms. The van der Waals surface area contributed by atoms with Crippen LogP contribution in [-0.4, -0.2) is 35.7 Å². The van der Waals surface area contributed by atoms with Crippen molar-refractivity contribution >= 4 is 0 Å². The summed E-state index contributed by atoms with van der Waals surface area (Å²) in [6.07, 6.45) is 8.61. The highest BCUT2D eigenvalue weighted by Crippen LogP contribution is 2.42. The van der Waals surface area contributed by atoms with Crippen molar-refractivity contribution in [3.8, 4) is 0 Å². The van der Waals surface area contributed by atoms with E-state index in [1.54, 1.807) is 0 Å². The molecule has 14 heavy (non-hydrogen) atoms. The molecule has 2 saturated carbocycles. The molecule has 0 spiro atoms. The molecular formula is C12H23NO. The number of aliphatic hydroxyl groups is 1. The Morgan fingerprint density at radius 1 is 1.29 bits per heavy atom. The quantitative estimate of drug-likeness (QED) is 0.745. The van der Waals surface area contributed by atoms with Crippen LogP contribution in [0.5, 0.6) is 0 Å². The first-order valence-electron chi connectivity index (χ1n) is 6.01. The van der Waals surface area contributed by atoms with E-state index in [0.29, 0.717) is 0 Å². The van der Waals surface area contributed by atoms with Crippen LogP contribution < -0.4 is 0 Å². The molecule has 0 radical (unpaired) electrons. The normalized spacial score (nSPS) is 28.3. The van der Waals surface area contributed by atoms with E-state index >= 15 is 0 Å². The molecule has 1 atom stereocenters. The third-order valence-corrected chi connectivity index (χ3v) is 4.23. The van der Waals surface area contributed by atoms with Gasteiger partial charge in [-0.3, -0.25) is 0 Å². The molecule has 0 heterocycles. The molecule has 2 fully saturated rings. The second-order valence-electron chi connectivity index (χ2n) is 5.40. The summed E-state index contributed by atoms with van der Waals surface area (Å²) in [6.45, 7) is 0. The van der Waals surface area contributed by atoms with Gasteiger partial charge in [0.05, 0.1) is 6.10 Å². The van der Waals surface area contributed by atoms with E-state index in [1.165, 1.54) is 38.5 Å². The van der Waals surface area contributed by atoms with Gasteiger partial charge in [-0.2, -0.15) is 0 Å². The molecular weight excluding hydrogens is 174 g/mol. The molecule has 2 heteroatoms. The number of hydrogen-bond acceptors (Lipinski definition) is 2. The zero-order valence-corrected chi connectivity index (χ0v) is 9.50. The number of rotatable bonds is 4. The molecule has 2 aliphatic carbocycles. The van der Waals surface area contributed by atoms with E-state index in [1.807, 2.05) is 0 Å². The van der Waals surface area contributed by atoms with Gasteiger partial charge in [0.25, 0.3) is 0 Å². The van der Waals surface area contributed by atoms with Crippen molar-refractivity contribution < 1.29 is 5.11 Å². The molecule has 2 rings (SSSR count). The summed E-state index contributed by atoms with van der Waals surface area (Å²) in [4.78, 5) is 2.27. The second kappa shape index (κ2) is 3.82. The van der Waals surface area contributed by atoms with Gasteiger partial charge in [-0.25, -0.2) is 0 Å². The van der Waals surface area contributed by atoms with Gasteiger partial charge in [0, 0.05) is 5.54 Å². The standard InChI is InChI=1S/C12H23NO/c1-13(2)12(7-3-4-8-12)11(14)9-10-5-6-10/h10-11,14H,3-9H2,1-2H3. The van der Waals surface area contributed by atoms with Crippen LogP contribution in [0.15, 0.2) is 0 Å². The molecule has 0 aromatic rings. The maximum atomic E-state index is 10.3. The fourth-order valence-corrected chi connectivity index (χ4v) is 2.95. The fourth-order valence-electron chi connectivity index (χ4n) is 2.95.